The molecule has 0 aliphatic heterocycles. The van der Waals surface area contributed by atoms with Crippen molar-refractivity contribution in [3.05, 3.63) is 35.4 Å². The van der Waals surface area contributed by atoms with E-state index in [-0.39, 0.29) is 12.5 Å². The van der Waals surface area contributed by atoms with Crippen molar-refractivity contribution in [2.45, 2.75) is 38.8 Å². The average Bonchev–Trinajstić information content (AvgIpc) is 3.10. The van der Waals surface area contributed by atoms with Crippen molar-refractivity contribution in [1.29, 1.82) is 0 Å². The molecule has 0 bridgehead atoms. The van der Waals surface area contributed by atoms with Gasteiger partial charge in [0, 0.05) is 12.6 Å². The number of aliphatic carboxylic acids is 1. The molecule has 92 valence electrons. The summed E-state index contributed by atoms with van der Waals surface area (Å²) in [5.74, 6) is -0.144. The highest BCUT2D eigenvalue weighted by Crippen LogP contribution is 2.34. The second-order valence-corrected chi connectivity index (χ2v) is 4.91. The molecule has 0 aromatic heterocycles. The standard InChI is InChI=1S/C14H19NO2/c1-10-2-4-11(5-3-10)9-15-13(8-14(16)17)12-6-7-12/h2-5,12-13,15H,6-9H2,1H3,(H,16,17). The molecular formula is C14H19NO2. The fraction of sp³-hybridized carbons (Fsp3) is 0.500. The smallest absolute Gasteiger partial charge is 0.304 e. The van der Waals surface area contributed by atoms with E-state index >= 15 is 0 Å². The number of carboxylic acids is 1. The van der Waals surface area contributed by atoms with Gasteiger partial charge in [0.05, 0.1) is 6.42 Å². The summed E-state index contributed by atoms with van der Waals surface area (Å²) in [5.41, 5.74) is 2.46. The van der Waals surface area contributed by atoms with Gasteiger partial charge in [-0.2, -0.15) is 0 Å². The minimum Gasteiger partial charge on any atom is -0.481 e. The Balaban J connectivity index is 1.86. The highest BCUT2D eigenvalue weighted by Gasteiger charge is 2.32. The topological polar surface area (TPSA) is 49.3 Å². The van der Waals surface area contributed by atoms with Crippen molar-refractivity contribution in [1.82, 2.24) is 5.32 Å². The van der Waals surface area contributed by atoms with E-state index in [4.69, 9.17) is 5.11 Å². The largest absolute Gasteiger partial charge is 0.481 e. The van der Waals surface area contributed by atoms with Gasteiger partial charge in [-0.3, -0.25) is 4.79 Å². The van der Waals surface area contributed by atoms with Gasteiger partial charge in [0.2, 0.25) is 0 Å². The van der Waals surface area contributed by atoms with Gasteiger partial charge < -0.3 is 10.4 Å². The lowest BCUT2D eigenvalue weighted by molar-refractivity contribution is -0.137. The van der Waals surface area contributed by atoms with Crippen molar-refractivity contribution in [3.63, 3.8) is 0 Å². The lowest BCUT2D eigenvalue weighted by atomic mass is 10.1. The van der Waals surface area contributed by atoms with Crippen molar-refractivity contribution in [2.75, 3.05) is 0 Å². The fourth-order valence-electron chi connectivity index (χ4n) is 2.05. The van der Waals surface area contributed by atoms with Crippen molar-refractivity contribution in [2.24, 2.45) is 5.92 Å². The first-order chi connectivity index (χ1) is 8.15. The maximum atomic E-state index is 10.8. The van der Waals surface area contributed by atoms with Crippen LogP contribution >= 0.6 is 0 Å². The van der Waals surface area contributed by atoms with E-state index in [2.05, 4.69) is 36.5 Å². The van der Waals surface area contributed by atoms with Crippen LogP contribution in [-0.2, 0) is 11.3 Å². The van der Waals surface area contributed by atoms with Crippen LogP contribution in [0.25, 0.3) is 0 Å². The molecule has 0 heterocycles. The van der Waals surface area contributed by atoms with Crippen LogP contribution < -0.4 is 5.32 Å². The number of benzene rings is 1. The minimum absolute atomic E-state index is 0.133. The number of nitrogens with one attached hydrogen (secondary N) is 1. The van der Waals surface area contributed by atoms with Gasteiger partial charge in [-0.25, -0.2) is 0 Å². The Morgan fingerprint density at radius 2 is 2.06 bits per heavy atom. The molecule has 0 saturated heterocycles. The average molecular weight is 233 g/mol. The van der Waals surface area contributed by atoms with Crippen molar-refractivity contribution in [3.8, 4) is 0 Å². The molecule has 1 saturated carbocycles. The summed E-state index contributed by atoms with van der Waals surface area (Å²) in [4.78, 5) is 10.8. The van der Waals surface area contributed by atoms with Crippen LogP contribution in [0.5, 0.6) is 0 Å². The van der Waals surface area contributed by atoms with Crippen LogP contribution in [0.1, 0.15) is 30.4 Å². The van der Waals surface area contributed by atoms with E-state index in [0.717, 1.165) is 6.54 Å². The van der Waals surface area contributed by atoms with Gasteiger partial charge in [0.25, 0.3) is 0 Å². The summed E-state index contributed by atoms with van der Waals surface area (Å²) in [6.45, 7) is 2.82. The van der Waals surface area contributed by atoms with E-state index in [9.17, 15) is 4.79 Å². The number of hydrogen-bond acceptors (Lipinski definition) is 2. The van der Waals surface area contributed by atoms with E-state index in [0.29, 0.717) is 5.92 Å². The first kappa shape index (κ1) is 12.1. The number of hydrogen-bond donors (Lipinski definition) is 2. The Kier molecular flexibility index (Phi) is 3.79. The zero-order valence-corrected chi connectivity index (χ0v) is 10.1. The van der Waals surface area contributed by atoms with E-state index in [1.807, 2.05) is 0 Å². The summed E-state index contributed by atoms with van der Waals surface area (Å²) < 4.78 is 0. The number of carbonyl (C=O) groups is 1. The molecule has 0 radical (unpaired) electrons. The molecule has 2 N–H and O–H groups in total. The molecule has 1 aliphatic rings. The molecule has 3 heteroatoms. The Hall–Kier alpha value is -1.35. The molecule has 1 atom stereocenters. The van der Waals surface area contributed by atoms with Gasteiger partial charge in [0.1, 0.15) is 0 Å². The number of aryl methyl sites for hydroxylation is 1. The predicted molar refractivity (Wildman–Crippen MR) is 66.8 cm³/mol. The quantitative estimate of drug-likeness (QED) is 0.793. The predicted octanol–water partition coefficient (Wildman–Crippen LogP) is 2.34. The zero-order valence-electron chi connectivity index (χ0n) is 10.1. The van der Waals surface area contributed by atoms with Crippen molar-refractivity contribution < 1.29 is 9.90 Å². The molecule has 2 rings (SSSR count). The molecule has 1 fully saturated rings. The summed E-state index contributed by atoms with van der Waals surface area (Å²) in [6, 6.07) is 8.48. The fourth-order valence-corrected chi connectivity index (χ4v) is 2.05. The zero-order chi connectivity index (χ0) is 12.3. The summed E-state index contributed by atoms with van der Waals surface area (Å²) in [6.07, 6.45) is 2.56. The summed E-state index contributed by atoms with van der Waals surface area (Å²) >= 11 is 0. The van der Waals surface area contributed by atoms with E-state index in [1.165, 1.54) is 24.0 Å². The molecule has 1 unspecified atom stereocenters. The Bertz CT molecular complexity index is 382. The molecule has 1 aliphatic carbocycles. The second-order valence-electron chi connectivity index (χ2n) is 4.91. The summed E-state index contributed by atoms with van der Waals surface area (Å²) in [7, 11) is 0. The molecule has 1 aromatic carbocycles. The highest BCUT2D eigenvalue weighted by atomic mass is 16.4. The third kappa shape index (κ3) is 3.86. The van der Waals surface area contributed by atoms with Crippen LogP contribution in [0.15, 0.2) is 24.3 Å². The Labute approximate surface area is 102 Å². The van der Waals surface area contributed by atoms with Crippen LogP contribution in [-0.4, -0.2) is 17.1 Å². The van der Waals surface area contributed by atoms with Crippen LogP contribution in [0.3, 0.4) is 0 Å². The maximum absolute atomic E-state index is 10.8. The number of carboxylic acid groups (broad SMARTS) is 1. The van der Waals surface area contributed by atoms with E-state index < -0.39 is 5.97 Å². The van der Waals surface area contributed by atoms with Crippen LogP contribution in [0, 0.1) is 12.8 Å². The second kappa shape index (κ2) is 5.32. The highest BCUT2D eigenvalue weighted by molar-refractivity contribution is 5.67. The molecule has 3 nitrogen and oxygen atoms in total. The van der Waals surface area contributed by atoms with Crippen LogP contribution in [0.4, 0.5) is 0 Å². The normalized spacial score (nSPS) is 16.8. The Morgan fingerprint density at radius 1 is 1.41 bits per heavy atom. The molecule has 0 amide bonds. The maximum Gasteiger partial charge on any atom is 0.304 e. The van der Waals surface area contributed by atoms with Gasteiger partial charge in [-0.1, -0.05) is 29.8 Å². The SMILES string of the molecule is Cc1ccc(CNC(CC(=O)O)C2CC2)cc1. The molecule has 0 spiro atoms. The third-order valence-corrected chi connectivity index (χ3v) is 3.27. The lowest BCUT2D eigenvalue weighted by Gasteiger charge is -2.16. The van der Waals surface area contributed by atoms with E-state index in [1.54, 1.807) is 0 Å². The van der Waals surface area contributed by atoms with Crippen molar-refractivity contribution >= 4 is 5.97 Å². The van der Waals surface area contributed by atoms with Gasteiger partial charge in [-0.05, 0) is 31.2 Å². The third-order valence-electron chi connectivity index (χ3n) is 3.27. The monoisotopic (exact) mass is 233 g/mol. The first-order valence-electron chi connectivity index (χ1n) is 6.16. The Morgan fingerprint density at radius 3 is 2.59 bits per heavy atom. The molecule has 1 aromatic rings. The van der Waals surface area contributed by atoms with Crippen LogP contribution in [0.2, 0.25) is 0 Å². The first-order valence-corrected chi connectivity index (χ1v) is 6.16. The van der Waals surface area contributed by atoms with Gasteiger partial charge in [-0.15, -0.1) is 0 Å². The number of rotatable bonds is 6. The summed E-state index contributed by atoms with van der Waals surface area (Å²) in [5, 5.41) is 12.2. The van der Waals surface area contributed by atoms with Gasteiger partial charge >= 0.3 is 5.97 Å². The minimum atomic E-state index is -0.710. The van der Waals surface area contributed by atoms with Gasteiger partial charge in [0.15, 0.2) is 0 Å². The molecule has 17 heavy (non-hydrogen) atoms. The molecular weight excluding hydrogens is 214 g/mol. The lowest BCUT2D eigenvalue weighted by Crippen LogP contribution is -2.32.